The van der Waals surface area contributed by atoms with Crippen LogP contribution in [0.25, 0.3) is 0 Å². The predicted octanol–water partition coefficient (Wildman–Crippen LogP) is 5.66. The van der Waals surface area contributed by atoms with Gasteiger partial charge in [-0.05, 0) is 52.7 Å². The highest BCUT2D eigenvalue weighted by Gasteiger charge is 2.15. The van der Waals surface area contributed by atoms with Crippen molar-refractivity contribution in [3.8, 4) is 0 Å². The van der Waals surface area contributed by atoms with E-state index in [1.807, 2.05) is 0 Å². The number of carbonyl (C=O) groups excluding carboxylic acids is 1. The Balaban J connectivity index is 2.37. The van der Waals surface area contributed by atoms with Crippen LogP contribution in [-0.2, 0) is 0 Å². The van der Waals surface area contributed by atoms with E-state index >= 15 is 0 Å². The first-order chi connectivity index (χ1) is 9.81. The van der Waals surface area contributed by atoms with Crippen LogP contribution in [0, 0.1) is 6.92 Å². The maximum absolute atomic E-state index is 12.4. The number of hydrogen-bond acceptors (Lipinski definition) is 2. The van der Waals surface area contributed by atoms with Crippen molar-refractivity contribution in [2.24, 2.45) is 0 Å². The van der Waals surface area contributed by atoms with Crippen molar-refractivity contribution in [1.82, 2.24) is 0 Å². The molecule has 1 amide bonds. The molecule has 0 fully saturated rings. The molecule has 0 aliphatic carbocycles. The molecule has 0 bridgehead atoms. The molecule has 0 unspecified atom stereocenters. The number of carbonyl (C=O) groups is 1. The van der Waals surface area contributed by atoms with Gasteiger partial charge in [0.15, 0.2) is 0 Å². The van der Waals surface area contributed by atoms with Crippen molar-refractivity contribution in [2.75, 3.05) is 11.1 Å². The Morgan fingerprint density at radius 1 is 1.19 bits per heavy atom. The number of benzene rings is 2. The van der Waals surface area contributed by atoms with Gasteiger partial charge < -0.3 is 11.1 Å². The van der Waals surface area contributed by atoms with Crippen LogP contribution in [0.15, 0.2) is 33.2 Å². The van der Waals surface area contributed by atoms with Crippen molar-refractivity contribution in [1.29, 1.82) is 0 Å². The predicted molar refractivity (Wildman–Crippen MR) is 95.4 cm³/mol. The molecule has 0 aliphatic rings. The van der Waals surface area contributed by atoms with Crippen LogP contribution in [0.5, 0.6) is 0 Å². The largest absolute Gasteiger partial charge is 0.398 e. The van der Waals surface area contributed by atoms with E-state index in [9.17, 15) is 4.79 Å². The molecule has 0 saturated carbocycles. The number of halogens is 4. The molecule has 0 spiro atoms. The molecule has 110 valence electrons. The van der Waals surface area contributed by atoms with Crippen molar-refractivity contribution >= 4 is 72.3 Å². The molecule has 7 heteroatoms. The Hall–Kier alpha value is -0.750. The highest BCUT2D eigenvalue weighted by molar-refractivity contribution is 9.10. The summed E-state index contributed by atoms with van der Waals surface area (Å²) < 4.78 is 1.39. The van der Waals surface area contributed by atoms with Crippen molar-refractivity contribution < 1.29 is 4.79 Å². The van der Waals surface area contributed by atoms with Gasteiger partial charge >= 0.3 is 0 Å². The standard InChI is InChI=1S/C14H10Br2Cl2N2O/c1-6-8(4-7(15)5-10(6)19)14(21)20-11-3-2-9(16)12(17)13(11)18/h2-5H,19H2,1H3,(H,20,21). The molecule has 2 aromatic rings. The number of nitrogen functional groups attached to an aromatic ring is 1. The molecule has 21 heavy (non-hydrogen) atoms. The Labute approximate surface area is 149 Å². The molecule has 0 aromatic heterocycles. The summed E-state index contributed by atoms with van der Waals surface area (Å²) in [5.74, 6) is -0.305. The lowest BCUT2D eigenvalue weighted by Crippen LogP contribution is -2.14. The number of amides is 1. The average Bonchev–Trinajstić information content (AvgIpc) is 2.43. The second kappa shape index (κ2) is 6.57. The first kappa shape index (κ1) is 16.6. The monoisotopic (exact) mass is 450 g/mol. The molecular weight excluding hydrogens is 443 g/mol. The van der Waals surface area contributed by atoms with Crippen LogP contribution < -0.4 is 11.1 Å². The van der Waals surface area contributed by atoms with E-state index in [4.69, 9.17) is 28.9 Å². The summed E-state index contributed by atoms with van der Waals surface area (Å²) in [6, 6.07) is 6.84. The summed E-state index contributed by atoms with van der Waals surface area (Å²) in [7, 11) is 0. The Kier molecular flexibility index (Phi) is 5.20. The lowest BCUT2D eigenvalue weighted by Gasteiger charge is -2.12. The minimum Gasteiger partial charge on any atom is -0.398 e. The number of anilines is 2. The summed E-state index contributed by atoms with van der Waals surface area (Å²) in [5.41, 5.74) is 8.01. The first-order valence-electron chi connectivity index (χ1n) is 5.81. The van der Waals surface area contributed by atoms with Gasteiger partial charge in [0, 0.05) is 20.2 Å². The summed E-state index contributed by atoms with van der Waals surface area (Å²) in [4.78, 5) is 12.4. The van der Waals surface area contributed by atoms with E-state index in [-0.39, 0.29) is 10.9 Å². The zero-order valence-corrected chi connectivity index (χ0v) is 15.5. The van der Waals surface area contributed by atoms with Crippen molar-refractivity contribution in [2.45, 2.75) is 6.92 Å². The quantitative estimate of drug-likeness (QED) is 0.456. The van der Waals surface area contributed by atoms with Crippen molar-refractivity contribution in [3.05, 3.63) is 54.4 Å². The van der Waals surface area contributed by atoms with E-state index < -0.39 is 0 Å². The second-order valence-electron chi connectivity index (χ2n) is 4.34. The molecule has 3 nitrogen and oxygen atoms in total. The fraction of sp³-hybridized carbons (Fsp3) is 0.0714. The van der Waals surface area contributed by atoms with Gasteiger partial charge in [0.25, 0.3) is 5.91 Å². The van der Waals surface area contributed by atoms with E-state index in [1.54, 1.807) is 31.2 Å². The lowest BCUT2D eigenvalue weighted by atomic mass is 10.1. The zero-order chi connectivity index (χ0) is 15.7. The molecule has 0 heterocycles. The van der Waals surface area contributed by atoms with Crippen LogP contribution in [0.1, 0.15) is 15.9 Å². The third kappa shape index (κ3) is 3.54. The SMILES string of the molecule is Cc1c(N)cc(Br)cc1C(=O)Nc1ccc(Br)c(Cl)c1Cl. The van der Waals surface area contributed by atoms with E-state index in [0.717, 1.165) is 4.47 Å². The Morgan fingerprint density at radius 2 is 1.86 bits per heavy atom. The first-order valence-corrected chi connectivity index (χ1v) is 8.16. The molecule has 3 N–H and O–H groups in total. The van der Waals surface area contributed by atoms with Crippen LogP contribution in [0.3, 0.4) is 0 Å². The minimum atomic E-state index is -0.305. The van der Waals surface area contributed by atoms with Gasteiger partial charge in [-0.2, -0.15) is 0 Å². The summed E-state index contributed by atoms with van der Waals surface area (Å²) in [6.07, 6.45) is 0. The van der Waals surface area contributed by atoms with Gasteiger partial charge in [0.2, 0.25) is 0 Å². The summed E-state index contributed by atoms with van der Waals surface area (Å²) >= 11 is 18.8. The fourth-order valence-electron chi connectivity index (χ4n) is 1.75. The number of rotatable bonds is 2. The van der Waals surface area contributed by atoms with Gasteiger partial charge in [-0.1, -0.05) is 39.1 Å². The van der Waals surface area contributed by atoms with Gasteiger partial charge in [-0.25, -0.2) is 0 Å². The number of nitrogens with one attached hydrogen (secondary N) is 1. The van der Waals surface area contributed by atoms with E-state index in [1.165, 1.54) is 0 Å². The topological polar surface area (TPSA) is 55.1 Å². The van der Waals surface area contributed by atoms with Crippen LogP contribution >= 0.6 is 55.1 Å². The van der Waals surface area contributed by atoms with Crippen LogP contribution in [0.4, 0.5) is 11.4 Å². The Bertz CT molecular complexity index is 735. The fourth-order valence-corrected chi connectivity index (χ4v) is 3.04. The van der Waals surface area contributed by atoms with Crippen molar-refractivity contribution in [3.63, 3.8) is 0 Å². The molecular formula is C14H10Br2Cl2N2O. The Morgan fingerprint density at radius 3 is 2.52 bits per heavy atom. The zero-order valence-electron chi connectivity index (χ0n) is 10.8. The van der Waals surface area contributed by atoms with Crippen LogP contribution in [0.2, 0.25) is 10.0 Å². The minimum absolute atomic E-state index is 0.278. The lowest BCUT2D eigenvalue weighted by molar-refractivity contribution is 0.102. The third-order valence-corrected chi connectivity index (χ3v) is 5.17. The van der Waals surface area contributed by atoms with Gasteiger partial charge in [-0.3, -0.25) is 4.79 Å². The number of hydrogen-bond donors (Lipinski definition) is 2. The summed E-state index contributed by atoms with van der Waals surface area (Å²) in [6.45, 7) is 1.78. The van der Waals surface area contributed by atoms with E-state index in [0.29, 0.717) is 32.0 Å². The third-order valence-electron chi connectivity index (χ3n) is 2.94. The highest BCUT2D eigenvalue weighted by Crippen LogP contribution is 2.36. The van der Waals surface area contributed by atoms with Gasteiger partial charge in [-0.15, -0.1) is 0 Å². The van der Waals surface area contributed by atoms with Crippen LogP contribution in [-0.4, -0.2) is 5.91 Å². The molecule has 0 atom stereocenters. The number of nitrogens with two attached hydrogens (primary N) is 1. The molecule has 0 saturated heterocycles. The molecule has 2 rings (SSSR count). The highest BCUT2D eigenvalue weighted by atomic mass is 79.9. The maximum atomic E-state index is 12.4. The second-order valence-corrected chi connectivity index (χ2v) is 6.87. The molecule has 0 radical (unpaired) electrons. The van der Waals surface area contributed by atoms with Gasteiger partial charge in [0.1, 0.15) is 0 Å². The molecule has 0 aliphatic heterocycles. The smallest absolute Gasteiger partial charge is 0.256 e. The van der Waals surface area contributed by atoms with Gasteiger partial charge in [0.05, 0.1) is 15.7 Å². The van der Waals surface area contributed by atoms with E-state index in [2.05, 4.69) is 37.2 Å². The maximum Gasteiger partial charge on any atom is 0.256 e. The molecule has 2 aromatic carbocycles. The average molecular weight is 453 g/mol. The summed E-state index contributed by atoms with van der Waals surface area (Å²) in [5, 5.41) is 3.36. The normalized spacial score (nSPS) is 10.5.